The molecule has 1 aromatic heterocycles. The van der Waals surface area contributed by atoms with Gasteiger partial charge in [0.1, 0.15) is 11.5 Å². The minimum Gasteiger partial charge on any atom is -0.460 e. The number of benzene rings is 1. The normalized spacial score (nSPS) is 17.3. The summed E-state index contributed by atoms with van der Waals surface area (Å²) in [6.45, 7) is 2.74. The van der Waals surface area contributed by atoms with E-state index < -0.39 is 0 Å². The highest BCUT2D eigenvalue weighted by atomic mass is 16.5. The van der Waals surface area contributed by atoms with Gasteiger partial charge in [-0.2, -0.15) is 5.26 Å². The number of hydrogen-bond donors (Lipinski definition) is 0. The van der Waals surface area contributed by atoms with E-state index in [9.17, 15) is 5.26 Å². The molecule has 0 N–H and O–H groups in total. The van der Waals surface area contributed by atoms with Crippen LogP contribution in [0.2, 0.25) is 0 Å². The fourth-order valence-corrected chi connectivity index (χ4v) is 3.21. The largest absolute Gasteiger partial charge is 0.460 e. The third-order valence-corrected chi connectivity index (χ3v) is 4.49. The van der Waals surface area contributed by atoms with E-state index in [4.69, 9.17) is 9.15 Å². The van der Waals surface area contributed by atoms with Crippen molar-refractivity contribution in [2.45, 2.75) is 38.3 Å². The van der Waals surface area contributed by atoms with Crippen molar-refractivity contribution in [2.24, 2.45) is 0 Å². The molecule has 2 heterocycles. The molecule has 0 amide bonds. The van der Waals surface area contributed by atoms with Crippen LogP contribution in [0.25, 0.3) is 11.3 Å². The number of hydrogen-bond acceptors (Lipinski definition) is 4. The third-order valence-electron chi connectivity index (χ3n) is 4.49. The van der Waals surface area contributed by atoms with E-state index in [2.05, 4.69) is 18.0 Å². The lowest BCUT2D eigenvalue weighted by Gasteiger charge is -2.16. The quantitative estimate of drug-likeness (QED) is 0.765. The van der Waals surface area contributed by atoms with Crippen LogP contribution in [0, 0.1) is 11.3 Å². The Balaban J connectivity index is 1.52. The second-order valence-electron chi connectivity index (χ2n) is 6.44. The first-order valence-electron chi connectivity index (χ1n) is 8.64. The molecular formula is C20H24N2O2. The molecule has 0 spiro atoms. The summed E-state index contributed by atoms with van der Waals surface area (Å²) in [4.78, 5) is 2.27. The lowest BCUT2D eigenvalue weighted by atomic mass is 10.1. The van der Waals surface area contributed by atoms with Crippen LogP contribution in [-0.4, -0.2) is 31.2 Å². The van der Waals surface area contributed by atoms with Crippen LogP contribution >= 0.6 is 0 Å². The summed E-state index contributed by atoms with van der Waals surface area (Å²) >= 11 is 0. The summed E-state index contributed by atoms with van der Waals surface area (Å²) in [6, 6.07) is 13.7. The van der Waals surface area contributed by atoms with Crippen LogP contribution in [-0.2, 0) is 11.3 Å². The summed E-state index contributed by atoms with van der Waals surface area (Å²) in [5.41, 5.74) is 1.50. The molecule has 2 aromatic rings. The Morgan fingerprint density at radius 2 is 2.12 bits per heavy atom. The maximum Gasteiger partial charge on any atom is 0.135 e. The smallest absolute Gasteiger partial charge is 0.135 e. The third kappa shape index (κ3) is 4.25. The SMILES string of the molecule is CN(CCC[C@H]1CCCO1)Cc1ccc(-c2ccccc2C#N)o1. The molecule has 0 saturated carbocycles. The Hall–Kier alpha value is -2.09. The van der Waals surface area contributed by atoms with Crippen molar-refractivity contribution in [3.05, 3.63) is 47.7 Å². The summed E-state index contributed by atoms with van der Waals surface area (Å²) in [6.07, 6.45) is 5.18. The minimum atomic E-state index is 0.469. The van der Waals surface area contributed by atoms with Crippen molar-refractivity contribution in [3.8, 4) is 17.4 Å². The molecule has 1 atom stereocenters. The molecular weight excluding hydrogens is 300 g/mol. The number of ether oxygens (including phenoxy) is 1. The van der Waals surface area contributed by atoms with Gasteiger partial charge in [0.05, 0.1) is 24.3 Å². The van der Waals surface area contributed by atoms with Crippen molar-refractivity contribution >= 4 is 0 Å². The summed E-state index contributed by atoms with van der Waals surface area (Å²) in [5, 5.41) is 9.21. The standard InChI is InChI=1S/C20H24N2O2/c1-22(12-4-7-17-8-5-13-23-17)15-18-10-11-20(24-18)19-9-3-2-6-16(19)14-21/h2-3,6,9-11,17H,4-5,7-8,12-13,15H2,1H3/t17-/m0/s1. The van der Waals surface area contributed by atoms with Gasteiger partial charge in [0.2, 0.25) is 0 Å². The first kappa shape index (κ1) is 16.8. The van der Waals surface area contributed by atoms with Gasteiger partial charge in [-0.3, -0.25) is 4.90 Å². The average molecular weight is 324 g/mol. The molecule has 1 saturated heterocycles. The molecule has 0 unspecified atom stereocenters. The van der Waals surface area contributed by atoms with E-state index >= 15 is 0 Å². The van der Waals surface area contributed by atoms with E-state index in [1.54, 1.807) is 0 Å². The van der Waals surface area contributed by atoms with Crippen LogP contribution in [0.15, 0.2) is 40.8 Å². The Kier molecular flexibility index (Phi) is 5.68. The molecule has 4 heteroatoms. The highest BCUT2D eigenvalue weighted by molar-refractivity contribution is 5.66. The van der Waals surface area contributed by atoms with Crippen molar-refractivity contribution in [2.75, 3.05) is 20.2 Å². The zero-order valence-corrected chi connectivity index (χ0v) is 14.2. The van der Waals surface area contributed by atoms with Gasteiger partial charge in [0.15, 0.2) is 0 Å². The van der Waals surface area contributed by atoms with Crippen molar-refractivity contribution < 1.29 is 9.15 Å². The minimum absolute atomic E-state index is 0.469. The van der Waals surface area contributed by atoms with E-state index in [1.165, 1.54) is 12.8 Å². The maximum absolute atomic E-state index is 9.21. The van der Waals surface area contributed by atoms with Crippen LogP contribution in [0.4, 0.5) is 0 Å². The monoisotopic (exact) mass is 324 g/mol. The highest BCUT2D eigenvalue weighted by Crippen LogP contribution is 2.26. The molecule has 0 aliphatic carbocycles. The summed E-state index contributed by atoms with van der Waals surface area (Å²) in [7, 11) is 2.11. The van der Waals surface area contributed by atoms with Gasteiger partial charge in [0, 0.05) is 12.2 Å². The van der Waals surface area contributed by atoms with Gasteiger partial charge in [-0.1, -0.05) is 12.1 Å². The number of nitrogens with zero attached hydrogens (tertiary/aromatic N) is 2. The average Bonchev–Trinajstić information content (AvgIpc) is 3.27. The van der Waals surface area contributed by atoms with Crippen LogP contribution in [0.5, 0.6) is 0 Å². The summed E-state index contributed by atoms with van der Waals surface area (Å²) < 4.78 is 11.6. The molecule has 1 aromatic carbocycles. The first-order chi connectivity index (χ1) is 11.8. The van der Waals surface area contributed by atoms with Crippen molar-refractivity contribution in [3.63, 3.8) is 0 Å². The van der Waals surface area contributed by atoms with Crippen molar-refractivity contribution in [1.29, 1.82) is 5.26 Å². The van der Waals surface area contributed by atoms with Gasteiger partial charge >= 0.3 is 0 Å². The summed E-state index contributed by atoms with van der Waals surface area (Å²) in [5.74, 6) is 1.69. The van der Waals surface area contributed by atoms with Gasteiger partial charge in [-0.25, -0.2) is 0 Å². The molecule has 4 nitrogen and oxygen atoms in total. The zero-order valence-electron chi connectivity index (χ0n) is 14.2. The molecule has 3 rings (SSSR count). The topological polar surface area (TPSA) is 49.4 Å². The van der Waals surface area contributed by atoms with E-state index in [-0.39, 0.29) is 0 Å². The Morgan fingerprint density at radius 3 is 2.92 bits per heavy atom. The first-order valence-corrected chi connectivity index (χ1v) is 8.64. The second kappa shape index (κ2) is 8.14. The van der Waals surface area contributed by atoms with Gasteiger partial charge in [-0.15, -0.1) is 0 Å². The fourth-order valence-electron chi connectivity index (χ4n) is 3.21. The molecule has 24 heavy (non-hydrogen) atoms. The predicted molar refractivity (Wildman–Crippen MR) is 93.4 cm³/mol. The Labute approximate surface area is 143 Å². The molecule has 0 radical (unpaired) electrons. The van der Waals surface area contributed by atoms with Crippen LogP contribution in [0.1, 0.15) is 37.0 Å². The number of rotatable bonds is 7. The van der Waals surface area contributed by atoms with Crippen LogP contribution in [0.3, 0.4) is 0 Å². The molecule has 0 bridgehead atoms. The predicted octanol–water partition coefficient (Wildman–Crippen LogP) is 4.21. The molecule has 1 fully saturated rings. The van der Waals surface area contributed by atoms with E-state index in [1.807, 2.05) is 36.4 Å². The number of nitriles is 1. The van der Waals surface area contributed by atoms with Crippen LogP contribution < -0.4 is 0 Å². The molecule has 1 aliphatic heterocycles. The lowest BCUT2D eigenvalue weighted by Crippen LogP contribution is -2.20. The molecule has 126 valence electrons. The van der Waals surface area contributed by atoms with Gasteiger partial charge in [-0.05, 0) is 63.5 Å². The van der Waals surface area contributed by atoms with Crippen molar-refractivity contribution in [1.82, 2.24) is 4.90 Å². The lowest BCUT2D eigenvalue weighted by molar-refractivity contribution is 0.0993. The van der Waals surface area contributed by atoms with E-state index in [0.29, 0.717) is 11.7 Å². The maximum atomic E-state index is 9.21. The zero-order chi connectivity index (χ0) is 16.8. The second-order valence-corrected chi connectivity index (χ2v) is 6.44. The number of furan rings is 1. The van der Waals surface area contributed by atoms with E-state index in [0.717, 1.165) is 49.6 Å². The fraction of sp³-hybridized carbons (Fsp3) is 0.450. The van der Waals surface area contributed by atoms with Gasteiger partial charge < -0.3 is 9.15 Å². The Bertz CT molecular complexity index is 696. The highest BCUT2D eigenvalue weighted by Gasteiger charge is 2.15. The van der Waals surface area contributed by atoms with Gasteiger partial charge in [0.25, 0.3) is 0 Å². The molecule has 1 aliphatic rings. The Morgan fingerprint density at radius 1 is 1.25 bits per heavy atom.